The van der Waals surface area contributed by atoms with E-state index in [-0.39, 0.29) is 17.1 Å². The lowest BCUT2D eigenvalue weighted by Gasteiger charge is -2.09. The first-order valence-corrected chi connectivity index (χ1v) is 6.71. The fraction of sp³-hybridized carbons (Fsp3) is 0. The lowest BCUT2D eigenvalue weighted by Crippen LogP contribution is -2.00. The third-order valence-electron chi connectivity index (χ3n) is 2.24. The molecule has 0 amide bonds. The summed E-state index contributed by atoms with van der Waals surface area (Å²) in [6.07, 6.45) is 0. The van der Waals surface area contributed by atoms with Crippen LogP contribution in [0.5, 0.6) is 11.5 Å². The fourth-order valence-electron chi connectivity index (χ4n) is 1.47. The van der Waals surface area contributed by atoms with E-state index in [2.05, 4.69) is 31.9 Å². The Hall–Kier alpha value is -1.40. The van der Waals surface area contributed by atoms with Gasteiger partial charge in [0.1, 0.15) is 22.9 Å². The van der Waals surface area contributed by atoms with Crippen molar-refractivity contribution < 1.29 is 19.0 Å². The highest BCUT2D eigenvalue weighted by Crippen LogP contribution is 2.30. The van der Waals surface area contributed by atoms with Crippen LogP contribution >= 0.6 is 31.9 Å². The highest BCUT2D eigenvalue weighted by atomic mass is 79.9. The van der Waals surface area contributed by atoms with Gasteiger partial charge in [-0.05, 0) is 30.3 Å². The molecule has 6 heteroatoms. The minimum absolute atomic E-state index is 0.00485. The van der Waals surface area contributed by atoms with Crippen LogP contribution in [-0.4, -0.2) is 11.1 Å². The van der Waals surface area contributed by atoms with E-state index in [1.165, 1.54) is 24.3 Å². The highest BCUT2D eigenvalue weighted by molar-refractivity contribution is 9.10. The average molecular weight is 390 g/mol. The Labute approximate surface area is 125 Å². The van der Waals surface area contributed by atoms with Gasteiger partial charge in [0.25, 0.3) is 0 Å². The topological polar surface area (TPSA) is 46.5 Å². The second-order valence-corrected chi connectivity index (χ2v) is 5.48. The second-order valence-electron chi connectivity index (χ2n) is 3.65. The summed E-state index contributed by atoms with van der Waals surface area (Å²) in [5.41, 5.74) is -0.00485. The lowest BCUT2D eigenvalue weighted by atomic mass is 10.2. The number of hydrogen-bond acceptors (Lipinski definition) is 2. The average Bonchev–Trinajstić information content (AvgIpc) is 2.30. The molecule has 98 valence electrons. The van der Waals surface area contributed by atoms with Gasteiger partial charge in [-0.3, -0.25) is 0 Å². The number of carboxylic acid groups (broad SMARTS) is 1. The number of halogens is 3. The number of benzene rings is 2. The Kier molecular flexibility index (Phi) is 4.21. The number of carboxylic acids is 1. The maximum absolute atomic E-state index is 13.2. The van der Waals surface area contributed by atoms with E-state index in [0.717, 1.165) is 0 Å². The second kappa shape index (κ2) is 5.71. The van der Waals surface area contributed by atoms with Gasteiger partial charge >= 0.3 is 5.97 Å². The Bertz CT molecular complexity index is 624. The molecule has 2 aromatic carbocycles. The Balaban J connectivity index is 2.40. The zero-order valence-electron chi connectivity index (χ0n) is 9.36. The Morgan fingerprint density at radius 1 is 1.11 bits per heavy atom. The quantitative estimate of drug-likeness (QED) is 0.816. The van der Waals surface area contributed by atoms with E-state index in [0.29, 0.717) is 8.95 Å². The van der Waals surface area contributed by atoms with Gasteiger partial charge in [-0.25, -0.2) is 9.18 Å². The molecule has 0 aliphatic heterocycles. The normalized spacial score (nSPS) is 10.3. The molecular formula is C13H7Br2FO3. The molecule has 0 aliphatic rings. The molecule has 1 N–H and O–H groups in total. The zero-order valence-corrected chi connectivity index (χ0v) is 12.5. The lowest BCUT2D eigenvalue weighted by molar-refractivity contribution is 0.0694. The number of ether oxygens (including phenoxy) is 1. The van der Waals surface area contributed by atoms with Crippen molar-refractivity contribution in [2.75, 3.05) is 0 Å². The van der Waals surface area contributed by atoms with Crippen LogP contribution in [0.3, 0.4) is 0 Å². The summed E-state index contributed by atoms with van der Waals surface area (Å²) < 4.78 is 19.8. The molecule has 0 atom stereocenters. The van der Waals surface area contributed by atoms with E-state index in [9.17, 15) is 9.18 Å². The molecule has 0 aliphatic carbocycles. The Morgan fingerprint density at radius 2 is 1.84 bits per heavy atom. The van der Waals surface area contributed by atoms with Gasteiger partial charge in [-0.1, -0.05) is 31.9 Å². The van der Waals surface area contributed by atoms with Gasteiger partial charge in [-0.2, -0.15) is 0 Å². The predicted octanol–water partition coefficient (Wildman–Crippen LogP) is 4.84. The molecule has 0 unspecified atom stereocenters. The third kappa shape index (κ3) is 3.54. The summed E-state index contributed by atoms with van der Waals surface area (Å²) in [4.78, 5) is 11.1. The molecule has 2 rings (SSSR count). The van der Waals surface area contributed by atoms with Crippen LogP contribution in [-0.2, 0) is 0 Å². The van der Waals surface area contributed by atoms with Gasteiger partial charge in [0.15, 0.2) is 0 Å². The van der Waals surface area contributed by atoms with Crippen molar-refractivity contribution in [2.45, 2.75) is 0 Å². The first-order valence-electron chi connectivity index (χ1n) is 5.12. The summed E-state index contributed by atoms with van der Waals surface area (Å²) in [7, 11) is 0. The molecule has 0 saturated heterocycles. The number of hydrogen-bond donors (Lipinski definition) is 1. The fourth-order valence-corrected chi connectivity index (χ4v) is 2.28. The molecule has 0 bridgehead atoms. The standard InChI is InChI=1S/C13H7Br2FO3/c14-7-1-2-12(11(5-7)13(17)18)19-10-4-8(15)3-9(16)6-10/h1-6H,(H,17,18). The highest BCUT2D eigenvalue weighted by Gasteiger charge is 2.13. The van der Waals surface area contributed by atoms with Crippen LogP contribution in [0, 0.1) is 5.82 Å². The van der Waals surface area contributed by atoms with Crippen LogP contribution in [0.15, 0.2) is 45.3 Å². The maximum Gasteiger partial charge on any atom is 0.339 e. The van der Waals surface area contributed by atoms with Crippen LogP contribution < -0.4 is 4.74 Å². The van der Waals surface area contributed by atoms with Crippen LogP contribution in [0.25, 0.3) is 0 Å². The van der Waals surface area contributed by atoms with Gasteiger partial charge in [-0.15, -0.1) is 0 Å². The Morgan fingerprint density at radius 3 is 2.47 bits per heavy atom. The van der Waals surface area contributed by atoms with E-state index >= 15 is 0 Å². The predicted molar refractivity (Wildman–Crippen MR) is 75.3 cm³/mol. The van der Waals surface area contributed by atoms with Crippen molar-refractivity contribution in [3.8, 4) is 11.5 Å². The van der Waals surface area contributed by atoms with Crippen LogP contribution in [0.2, 0.25) is 0 Å². The monoisotopic (exact) mass is 388 g/mol. The minimum Gasteiger partial charge on any atom is -0.478 e. The summed E-state index contributed by atoms with van der Waals surface area (Å²) in [6, 6.07) is 8.59. The van der Waals surface area contributed by atoms with E-state index in [1.807, 2.05) is 0 Å². The van der Waals surface area contributed by atoms with Crippen LogP contribution in [0.1, 0.15) is 10.4 Å². The van der Waals surface area contributed by atoms with Crippen molar-refractivity contribution in [1.29, 1.82) is 0 Å². The van der Waals surface area contributed by atoms with Crippen molar-refractivity contribution in [3.05, 3.63) is 56.7 Å². The molecule has 3 nitrogen and oxygen atoms in total. The summed E-state index contributed by atoms with van der Waals surface area (Å²) in [5.74, 6) is -1.23. The minimum atomic E-state index is -1.12. The molecular weight excluding hydrogens is 383 g/mol. The van der Waals surface area contributed by atoms with Gasteiger partial charge < -0.3 is 9.84 Å². The molecule has 19 heavy (non-hydrogen) atoms. The van der Waals surface area contributed by atoms with Crippen LogP contribution in [0.4, 0.5) is 4.39 Å². The van der Waals surface area contributed by atoms with E-state index < -0.39 is 11.8 Å². The van der Waals surface area contributed by atoms with Crippen molar-refractivity contribution in [1.82, 2.24) is 0 Å². The van der Waals surface area contributed by atoms with Gasteiger partial charge in [0.05, 0.1) is 0 Å². The first-order chi connectivity index (χ1) is 8.95. The maximum atomic E-state index is 13.2. The number of carbonyl (C=O) groups is 1. The molecule has 0 heterocycles. The van der Waals surface area contributed by atoms with Crippen molar-refractivity contribution in [3.63, 3.8) is 0 Å². The van der Waals surface area contributed by atoms with Gasteiger partial charge in [0.2, 0.25) is 0 Å². The molecule has 0 radical (unpaired) electrons. The number of rotatable bonds is 3. The van der Waals surface area contributed by atoms with E-state index in [4.69, 9.17) is 9.84 Å². The molecule has 0 spiro atoms. The van der Waals surface area contributed by atoms with Crippen molar-refractivity contribution >= 4 is 37.8 Å². The SMILES string of the molecule is O=C(O)c1cc(Br)ccc1Oc1cc(F)cc(Br)c1. The molecule has 0 fully saturated rings. The molecule has 0 saturated carbocycles. The first kappa shape index (κ1) is 14.0. The number of aromatic carboxylic acids is 1. The summed E-state index contributed by atoms with van der Waals surface area (Å²) in [5, 5.41) is 9.09. The third-order valence-corrected chi connectivity index (χ3v) is 3.19. The summed E-state index contributed by atoms with van der Waals surface area (Å²) in [6.45, 7) is 0. The van der Waals surface area contributed by atoms with Crippen molar-refractivity contribution in [2.24, 2.45) is 0 Å². The smallest absolute Gasteiger partial charge is 0.339 e. The summed E-state index contributed by atoms with van der Waals surface area (Å²) >= 11 is 6.33. The van der Waals surface area contributed by atoms with Gasteiger partial charge in [0, 0.05) is 15.0 Å². The largest absolute Gasteiger partial charge is 0.478 e. The van der Waals surface area contributed by atoms with E-state index in [1.54, 1.807) is 12.1 Å². The molecule has 2 aromatic rings. The zero-order chi connectivity index (χ0) is 14.0. The molecule has 0 aromatic heterocycles.